The van der Waals surface area contributed by atoms with Crippen LogP contribution in [0.3, 0.4) is 0 Å². The van der Waals surface area contributed by atoms with Crippen molar-refractivity contribution in [3.8, 4) is 5.75 Å². The summed E-state index contributed by atoms with van der Waals surface area (Å²) in [6, 6.07) is 11.6. The number of hydrogen-bond acceptors (Lipinski definition) is 3. The number of carbonyl (C=O) groups is 2. The lowest BCUT2D eigenvalue weighted by atomic mass is 10.2. The minimum absolute atomic E-state index is 0.0121. The van der Waals surface area contributed by atoms with Crippen LogP contribution in [0.4, 0.5) is 11.4 Å². The van der Waals surface area contributed by atoms with Gasteiger partial charge >= 0.3 is 0 Å². The highest BCUT2D eigenvalue weighted by atomic mass is 79.9. The highest BCUT2D eigenvalue weighted by molar-refractivity contribution is 9.10. The molecular formula is C17H15BrN2O3. The molecule has 1 fully saturated rings. The van der Waals surface area contributed by atoms with E-state index in [-0.39, 0.29) is 23.1 Å². The second kappa shape index (κ2) is 6.42. The summed E-state index contributed by atoms with van der Waals surface area (Å²) in [5, 5.41) is 15.3. The maximum absolute atomic E-state index is 12.3. The molecule has 0 radical (unpaired) electrons. The van der Waals surface area contributed by atoms with Gasteiger partial charge < -0.3 is 15.7 Å². The third kappa shape index (κ3) is 3.90. The number of carbonyl (C=O) groups excluding carboxylic acids is 2. The molecule has 0 saturated heterocycles. The second-order valence-corrected chi connectivity index (χ2v) is 6.38. The van der Waals surface area contributed by atoms with Crippen molar-refractivity contribution in [1.29, 1.82) is 0 Å². The molecule has 1 aliphatic carbocycles. The molecule has 0 aromatic heterocycles. The van der Waals surface area contributed by atoms with E-state index in [1.165, 1.54) is 6.07 Å². The van der Waals surface area contributed by atoms with Crippen molar-refractivity contribution in [2.24, 2.45) is 5.92 Å². The van der Waals surface area contributed by atoms with Gasteiger partial charge in [0.25, 0.3) is 5.91 Å². The Morgan fingerprint density at radius 2 is 1.74 bits per heavy atom. The largest absolute Gasteiger partial charge is 0.507 e. The van der Waals surface area contributed by atoms with E-state index in [9.17, 15) is 14.7 Å². The number of phenolic OH excluding ortho intramolecular Hbond substituents is 1. The molecule has 0 heterocycles. The number of aromatic hydroxyl groups is 1. The van der Waals surface area contributed by atoms with Crippen LogP contribution < -0.4 is 10.6 Å². The molecule has 1 saturated carbocycles. The molecule has 0 unspecified atom stereocenters. The van der Waals surface area contributed by atoms with E-state index in [0.29, 0.717) is 15.8 Å². The number of nitrogens with one attached hydrogen (secondary N) is 2. The maximum Gasteiger partial charge on any atom is 0.259 e. The first kappa shape index (κ1) is 15.6. The Balaban J connectivity index is 1.73. The number of anilines is 2. The van der Waals surface area contributed by atoms with Gasteiger partial charge in [0.2, 0.25) is 5.91 Å². The summed E-state index contributed by atoms with van der Waals surface area (Å²) in [5.41, 5.74) is 1.35. The fraction of sp³-hybridized carbons (Fsp3) is 0.176. The van der Waals surface area contributed by atoms with Gasteiger partial charge in [0.15, 0.2) is 0 Å². The Labute approximate surface area is 141 Å². The van der Waals surface area contributed by atoms with Gasteiger partial charge in [-0.2, -0.15) is 0 Å². The molecule has 2 aromatic rings. The van der Waals surface area contributed by atoms with E-state index in [1.54, 1.807) is 36.4 Å². The summed E-state index contributed by atoms with van der Waals surface area (Å²) in [6.07, 6.45) is 1.87. The first-order valence-corrected chi connectivity index (χ1v) is 8.03. The third-order valence-electron chi connectivity index (χ3n) is 3.54. The van der Waals surface area contributed by atoms with Gasteiger partial charge in [0.1, 0.15) is 5.75 Å². The quantitative estimate of drug-likeness (QED) is 0.762. The van der Waals surface area contributed by atoms with E-state index < -0.39 is 5.91 Å². The Kier molecular flexibility index (Phi) is 4.34. The topological polar surface area (TPSA) is 78.4 Å². The zero-order valence-corrected chi connectivity index (χ0v) is 13.8. The van der Waals surface area contributed by atoms with Crippen molar-refractivity contribution in [3.05, 3.63) is 52.5 Å². The van der Waals surface area contributed by atoms with Crippen molar-refractivity contribution in [3.63, 3.8) is 0 Å². The zero-order valence-electron chi connectivity index (χ0n) is 12.2. The summed E-state index contributed by atoms with van der Waals surface area (Å²) < 4.78 is 0.700. The Bertz CT molecular complexity index is 772. The molecule has 0 atom stereocenters. The van der Waals surface area contributed by atoms with Crippen molar-refractivity contribution in [1.82, 2.24) is 0 Å². The summed E-state index contributed by atoms with van der Waals surface area (Å²) in [6.45, 7) is 0. The molecule has 5 nitrogen and oxygen atoms in total. The number of benzene rings is 2. The fourth-order valence-electron chi connectivity index (χ4n) is 2.15. The molecule has 2 amide bonds. The number of phenols is 1. The first-order chi connectivity index (χ1) is 11.0. The Hall–Kier alpha value is -2.34. The molecule has 3 N–H and O–H groups in total. The summed E-state index contributed by atoms with van der Waals surface area (Å²) >= 11 is 3.27. The van der Waals surface area contributed by atoms with Crippen LogP contribution in [0.2, 0.25) is 0 Å². The summed E-state index contributed by atoms with van der Waals surface area (Å²) in [4.78, 5) is 24.0. The third-order valence-corrected chi connectivity index (χ3v) is 4.03. The predicted octanol–water partition coefficient (Wildman–Crippen LogP) is 3.76. The monoisotopic (exact) mass is 374 g/mol. The molecule has 1 aliphatic rings. The van der Waals surface area contributed by atoms with Crippen molar-refractivity contribution >= 4 is 39.1 Å². The van der Waals surface area contributed by atoms with E-state index in [2.05, 4.69) is 26.6 Å². The van der Waals surface area contributed by atoms with Crippen molar-refractivity contribution in [2.45, 2.75) is 12.8 Å². The van der Waals surface area contributed by atoms with E-state index in [4.69, 9.17) is 0 Å². The predicted molar refractivity (Wildman–Crippen MR) is 91.6 cm³/mol. The smallest absolute Gasteiger partial charge is 0.259 e. The molecule has 0 aliphatic heterocycles. The van der Waals surface area contributed by atoms with Gasteiger partial charge in [0, 0.05) is 21.8 Å². The average Bonchev–Trinajstić information content (AvgIpc) is 3.35. The van der Waals surface area contributed by atoms with Gasteiger partial charge in [0.05, 0.1) is 5.56 Å². The highest BCUT2D eigenvalue weighted by Gasteiger charge is 2.29. The fourth-order valence-corrected chi connectivity index (χ4v) is 2.51. The van der Waals surface area contributed by atoms with E-state index >= 15 is 0 Å². The first-order valence-electron chi connectivity index (χ1n) is 7.24. The van der Waals surface area contributed by atoms with Gasteiger partial charge in [-0.05, 0) is 49.2 Å². The molecule has 0 bridgehead atoms. The van der Waals surface area contributed by atoms with Crippen LogP contribution in [0.5, 0.6) is 5.75 Å². The van der Waals surface area contributed by atoms with Crippen LogP contribution in [-0.4, -0.2) is 16.9 Å². The second-order valence-electron chi connectivity index (χ2n) is 5.46. The van der Waals surface area contributed by atoms with E-state index in [0.717, 1.165) is 12.8 Å². The van der Waals surface area contributed by atoms with Gasteiger partial charge in [-0.25, -0.2) is 0 Å². The molecule has 2 aromatic carbocycles. The van der Waals surface area contributed by atoms with Gasteiger partial charge in [-0.3, -0.25) is 9.59 Å². The standard InChI is InChI=1S/C17H15BrN2O3/c18-11-6-7-15(21)14(8-11)17(23)20-13-3-1-2-12(9-13)19-16(22)10-4-5-10/h1-3,6-10,21H,4-5H2,(H,19,22)(H,20,23). The zero-order chi connectivity index (χ0) is 16.4. The van der Waals surface area contributed by atoms with Crippen LogP contribution in [-0.2, 0) is 4.79 Å². The number of rotatable bonds is 4. The van der Waals surface area contributed by atoms with Gasteiger partial charge in [-0.1, -0.05) is 22.0 Å². The molecule has 3 rings (SSSR count). The Morgan fingerprint density at radius 1 is 1.04 bits per heavy atom. The molecular weight excluding hydrogens is 360 g/mol. The van der Waals surface area contributed by atoms with E-state index in [1.807, 2.05) is 0 Å². The lowest BCUT2D eigenvalue weighted by Crippen LogP contribution is -2.15. The lowest BCUT2D eigenvalue weighted by Gasteiger charge is -2.10. The molecule has 118 valence electrons. The van der Waals surface area contributed by atoms with Crippen molar-refractivity contribution < 1.29 is 14.7 Å². The summed E-state index contributed by atoms with van der Waals surface area (Å²) in [5.74, 6) is -0.386. The van der Waals surface area contributed by atoms with Crippen LogP contribution >= 0.6 is 15.9 Å². The number of hydrogen-bond donors (Lipinski definition) is 3. The normalized spacial score (nSPS) is 13.4. The SMILES string of the molecule is O=C(Nc1cccc(NC(=O)C2CC2)c1)c1cc(Br)ccc1O. The average molecular weight is 375 g/mol. The van der Waals surface area contributed by atoms with Crippen molar-refractivity contribution in [2.75, 3.05) is 10.6 Å². The van der Waals surface area contributed by atoms with Crippen LogP contribution in [0.1, 0.15) is 23.2 Å². The minimum atomic E-state index is -0.422. The van der Waals surface area contributed by atoms with Crippen LogP contribution in [0.25, 0.3) is 0 Å². The highest BCUT2D eigenvalue weighted by Crippen LogP contribution is 2.30. The van der Waals surface area contributed by atoms with Crippen LogP contribution in [0, 0.1) is 5.92 Å². The molecule has 23 heavy (non-hydrogen) atoms. The molecule has 0 spiro atoms. The number of halogens is 1. The Morgan fingerprint density at radius 3 is 2.43 bits per heavy atom. The molecule has 6 heteroatoms. The maximum atomic E-state index is 12.3. The lowest BCUT2D eigenvalue weighted by molar-refractivity contribution is -0.117. The number of amides is 2. The van der Waals surface area contributed by atoms with Crippen LogP contribution in [0.15, 0.2) is 46.9 Å². The summed E-state index contributed by atoms with van der Waals surface area (Å²) in [7, 11) is 0. The minimum Gasteiger partial charge on any atom is -0.507 e. The van der Waals surface area contributed by atoms with Gasteiger partial charge in [-0.15, -0.1) is 0 Å².